The van der Waals surface area contributed by atoms with Crippen LogP contribution < -0.4 is 5.73 Å². The Labute approximate surface area is 122 Å². The van der Waals surface area contributed by atoms with Crippen LogP contribution in [0, 0.1) is 0 Å². The maximum atomic E-state index is 5.87. The Bertz CT molecular complexity index is 451. The number of allylic oxidation sites excluding steroid dienone is 1. The fourth-order valence-electron chi connectivity index (χ4n) is 1.62. The molecule has 1 rings (SSSR count). The van der Waals surface area contributed by atoms with E-state index in [-0.39, 0.29) is 0 Å². The van der Waals surface area contributed by atoms with E-state index in [4.69, 9.17) is 15.2 Å². The standard InChI is InChI=1S/C13H20BrN3O2/c1-4-11-12(9-10(2)14)17(16-13(11)15)5-6-19-8-7-18-3/h4,9H,1,5-8H2,2-3H3,(H2,15,16)/b10-9+. The Morgan fingerprint density at radius 1 is 1.47 bits per heavy atom. The van der Waals surface area contributed by atoms with E-state index in [1.165, 1.54) is 0 Å². The Kier molecular flexibility index (Phi) is 6.83. The summed E-state index contributed by atoms with van der Waals surface area (Å²) < 4.78 is 13.2. The molecule has 0 unspecified atom stereocenters. The van der Waals surface area contributed by atoms with Crippen LogP contribution in [0.3, 0.4) is 0 Å². The van der Waals surface area contributed by atoms with Crippen molar-refractivity contribution in [3.8, 4) is 0 Å². The quantitative estimate of drug-likeness (QED) is 0.744. The van der Waals surface area contributed by atoms with Crippen LogP contribution >= 0.6 is 15.9 Å². The van der Waals surface area contributed by atoms with E-state index in [2.05, 4.69) is 27.6 Å². The summed E-state index contributed by atoms with van der Waals surface area (Å²) in [6.07, 6.45) is 3.68. The zero-order valence-corrected chi connectivity index (χ0v) is 12.9. The molecule has 0 aliphatic heterocycles. The van der Waals surface area contributed by atoms with Gasteiger partial charge in [0.15, 0.2) is 5.82 Å². The minimum absolute atomic E-state index is 0.479. The number of hydrogen-bond donors (Lipinski definition) is 1. The van der Waals surface area contributed by atoms with E-state index < -0.39 is 0 Å². The molecule has 0 saturated carbocycles. The highest BCUT2D eigenvalue weighted by Gasteiger charge is 2.11. The van der Waals surface area contributed by atoms with Crippen LogP contribution in [0.2, 0.25) is 0 Å². The van der Waals surface area contributed by atoms with Crippen LogP contribution in [0.4, 0.5) is 5.82 Å². The fraction of sp³-hybridized carbons (Fsp3) is 0.462. The average molecular weight is 330 g/mol. The zero-order valence-electron chi connectivity index (χ0n) is 11.4. The summed E-state index contributed by atoms with van der Waals surface area (Å²) >= 11 is 3.42. The summed E-state index contributed by atoms with van der Waals surface area (Å²) in [5, 5.41) is 4.30. The normalized spacial score (nSPS) is 11.8. The highest BCUT2D eigenvalue weighted by molar-refractivity contribution is 9.11. The first-order valence-corrected chi connectivity index (χ1v) is 6.78. The molecule has 0 aliphatic rings. The predicted molar refractivity (Wildman–Crippen MR) is 82.0 cm³/mol. The van der Waals surface area contributed by atoms with Crippen LogP contribution in [0.5, 0.6) is 0 Å². The molecule has 1 aromatic rings. The van der Waals surface area contributed by atoms with Gasteiger partial charge in [0.2, 0.25) is 0 Å². The van der Waals surface area contributed by atoms with E-state index >= 15 is 0 Å². The number of hydrogen-bond acceptors (Lipinski definition) is 4. The van der Waals surface area contributed by atoms with Crippen LogP contribution in [-0.4, -0.2) is 36.7 Å². The molecule has 0 aliphatic carbocycles. The van der Waals surface area contributed by atoms with E-state index in [0.29, 0.717) is 32.2 Å². The molecule has 1 heterocycles. The number of halogens is 1. The number of aromatic nitrogens is 2. The number of nitrogen functional groups attached to an aromatic ring is 1. The fourth-order valence-corrected chi connectivity index (χ4v) is 1.84. The molecule has 5 nitrogen and oxygen atoms in total. The summed E-state index contributed by atoms with van der Waals surface area (Å²) in [7, 11) is 1.65. The van der Waals surface area contributed by atoms with Crippen molar-refractivity contribution >= 4 is 33.9 Å². The number of methoxy groups -OCH3 is 1. The number of rotatable bonds is 8. The van der Waals surface area contributed by atoms with Crippen molar-refractivity contribution in [3.63, 3.8) is 0 Å². The summed E-state index contributed by atoms with van der Waals surface area (Å²) in [6, 6.07) is 0. The van der Waals surface area contributed by atoms with Crippen LogP contribution in [-0.2, 0) is 16.0 Å². The minimum Gasteiger partial charge on any atom is -0.382 e. The number of nitrogens with two attached hydrogens (primary N) is 1. The minimum atomic E-state index is 0.479. The highest BCUT2D eigenvalue weighted by atomic mass is 79.9. The van der Waals surface area contributed by atoms with Gasteiger partial charge >= 0.3 is 0 Å². The third-order valence-electron chi connectivity index (χ3n) is 2.48. The number of anilines is 1. The second kappa shape index (κ2) is 8.14. The molecule has 106 valence electrons. The van der Waals surface area contributed by atoms with Gasteiger partial charge in [-0.3, -0.25) is 4.68 Å². The molecule has 0 radical (unpaired) electrons. The zero-order chi connectivity index (χ0) is 14.3. The number of nitrogens with zero attached hydrogens (tertiary/aromatic N) is 2. The molecule has 0 spiro atoms. The lowest BCUT2D eigenvalue weighted by Crippen LogP contribution is -2.11. The molecule has 0 atom stereocenters. The van der Waals surface area contributed by atoms with E-state index in [1.54, 1.807) is 13.2 Å². The Hall–Kier alpha value is -1.11. The van der Waals surface area contributed by atoms with Crippen LogP contribution in [0.25, 0.3) is 12.2 Å². The lowest BCUT2D eigenvalue weighted by atomic mass is 10.2. The monoisotopic (exact) mass is 329 g/mol. The smallest absolute Gasteiger partial charge is 0.153 e. The van der Waals surface area contributed by atoms with E-state index in [0.717, 1.165) is 15.7 Å². The summed E-state index contributed by atoms with van der Waals surface area (Å²) in [4.78, 5) is 0. The van der Waals surface area contributed by atoms with Gasteiger partial charge < -0.3 is 15.2 Å². The van der Waals surface area contributed by atoms with Gasteiger partial charge in [-0.1, -0.05) is 28.6 Å². The molecular weight excluding hydrogens is 310 g/mol. The van der Waals surface area contributed by atoms with Gasteiger partial charge in [0, 0.05) is 12.7 Å². The Morgan fingerprint density at radius 3 is 2.79 bits per heavy atom. The van der Waals surface area contributed by atoms with Crippen molar-refractivity contribution in [3.05, 3.63) is 22.3 Å². The van der Waals surface area contributed by atoms with E-state index in [1.807, 2.05) is 17.7 Å². The van der Waals surface area contributed by atoms with Gasteiger partial charge in [0.1, 0.15) is 0 Å². The maximum Gasteiger partial charge on any atom is 0.153 e. The molecule has 0 fully saturated rings. The summed E-state index contributed by atoms with van der Waals surface area (Å²) in [5.41, 5.74) is 7.64. The summed E-state index contributed by atoms with van der Waals surface area (Å²) in [5.74, 6) is 0.479. The molecule has 0 amide bonds. The van der Waals surface area contributed by atoms with Gasteiger partial charge in [-0.15, -0.1) is 0 Å². The highest BCUT2D eigenvalue weighted by Crippen LogP contribution is 2.22. The van der Waals surface area contributed by atoms with Gasteiger partial charge in [0.25, 0.3) is 0 Å². The Balaban J connectivity index is 2.77. The topological polar surface area (TPSA) is 62.3 Å². The largest absolute Gasteiger partial charge is 0.382 e. The van der Waals surface area contributed by atoms with Gasteiger partial charge in [-0.05, 0) is 17.5 Å². The van der Waals surface area contributed by atoms with Crippen LogP contribution in [0.1, 0.15) is 18.2 Å². The van der Waals surface area contributed by atoms with Gasteiger partial charge in [-0.2, -0.15) is 5.10 Å². The van der Waals surface area contributed by atoms with Gasteiger partial charge in [-0.25, -0.2) is 0 Å². The Morgan fingerprint density at radius 2 is 2.21 bits per heavy atom. The summed E-state index contributed by atoms with van der Waals surface area (Å²) in [6.45, 7) is 8.08. The van der Waals surface area contributed by atoms with E-state index in [9.17, 15) is 0 Å². The molecule has 6 heteroatoms. The lowest BCUT2D eigenvalue weighted by Gasteiger charge is -2.06. The first kappa shape index (κ1) is 15.9. The lowest BCUT2D eigenvalue weighted by molar-refractivity contribution is 0.0654. The molecular formula is C13H20BrN3O2. The third kappa shape index (κ3) is 4.81. The second-order valence-corrected chi connectivity index (χ2v) is 5.20. The molecule has 0 bridgehead atoms. The molecule has 2 N–H and O–H groups in total. The predicted octanol–water partition coefficient (Wildman–Crippen LogP) is 2.53. The first-order chi connectivity index (χ1) is 9.10. The van der Waals surface area contributed by atoms with Crippen LogP contribution in [0.15, 0.2) is 11.1 Å². The first-order valence-electron chi connectivity index (χ1n) is 5.99. The van der Waals surface area contributed by atoms with Gasteiger partial charge in [0.05, 0.1) is 32.1 Å². The molecule has 19 heavy (non-hydrogen) atoms. The van der Waals surface area contributed by atoms with Crippen molar-refractivity contribution < 1.29 is 9.47 Å². The van der Waals surface area contributed by atoms with Crippen molar-refractivity contribution in [2.75, 3.05) is 32.7 Å². The van der Waals surface area contributed by atoms with Crippen molar-refractivity contribution in [2.45, 2.75) is 13.5 Å². The second-order valence-electron chi connectivity index (χ2n) is 3.95. The molecule has 1 aromatic heterocycles. The van der Waals surface area contributed by atoms with Crippen molar-refractivity contribution in [2.24, 2.45) is 0 Å². The molecule has 0 aromatic carbocycles. The average Bonchev–Trinajstić information content (AvgIpc) is 2.64. The van der Waals surface area contributed by atoms with Crippen molar-refractivity contribution in [1.82, 2.24) is 9.78 Å². The van der Waals surface area contributed by atoms with Crippen molar-refractivity contribution in [1.29, 1.82) is 0 Å². The molecule has 0 saturated heterocycles. The number of ether oxygens (including phenoxy) is 2. The third-order valence-corrected chi connectivity index (χ3v) is 2.71. The maximum absolute atomic E-state index is 5.87. The SMILES string of the molecule is C=Cc1c(N)nn(CCOCCOC)c1/C=C(\C)Br.